The van der Waals surface area contributed by atoms with E-state index in [0.29, 0.717) is 5.11 Å². The van der Waals surface area contributed by atoms with Gasteiger partial charge < -0.3 is 20.9 Å². The molecule has 0 bridgehead atoms. The quantitative estimate of drug-likeness (QED) is 0.441. The van der Waals surface area contributed by atoms with Gasteiger partial charge in [-0.1, -0.05) is 19.3 Å². The van der Waals surface area contributed by atoms with Crippen molar-refractivity contribution in [1.82, 2.24) is 10.0 Å². The maximum atomic E-state index is 12.7. The molecule has 0 aromatic heterocycles. The number of nitrogens with one attached hydrogen (secondary N) is 4. The maximum absolute atomic E-state index is 12.7. The van der Waals surface area contributed by atoms with E-state index in [1.54, 1.807) is 24.3 Å². The second-order valence-corrected chi connectivity index (χ2v) is 10.9. The third-order valence-corrected chi connectivity index (χ3v) is 8.15. The van der Waals surface area contributed by atoms with E-state index in [0.717, 1.165) is 56.6 Å². The molecule has 33 heavy (non-hydrogen) atoms. The van der Waals surface area contributed by atoms with E-state index in [2.05, 4.69) is 49.8 Å². The Morgan fingerprint density at radius 2 is 1.58 bits per heavy atom. The van der Waals surface area contributed by atoms with Gasteiger partial charge in [-0.05, 0) is 80.0 Å². The van der Waals surface area contributed by atoms with Gasteiger partial charge in [-0.15, -0.1) is 0 Å². The molecule has 2 aromatic rings. The lowest BCUT2D eigenvalue weighted by Crippen LogP contribution is -2.39. The van der Waals surface area contributed by atoms with E-state index in [9.17, 15) is 8.42 Å². The summed E-state index contributed by atoms with van der Waals surface area (Å²) in [6, 6.07) is 15.5. The average molecular weight is 488 g/mol. The van der Waals surface area contributed by atoms with E-state index >= 15 is 0 Å². The SMILES string of the molecule is CNc1ccc(N2CCC(NC(=S)Nc3ccc(S(=O)(=O)NC4CCCCC4)cc3)C2)cc1. The molecule has 1 saturated carbocycles. The summed E-state index contributed by atoms with van der Waals surface area (Å²) in [7, 11) is -1.58. The predicted molar refractivity (Wildman–Crippen MR) is 140 cm³/mol. The van der Waals surface area contributed by atoms with E-state index < -0.39 is 10.0 Å². The monoisotopic (exact) mass is 487 g/mol. The fraction of sp³-hybridized carbons (Fsp3) is 0.458. The zero-order valence-electron chi connectivity index (χ0n) is 19.0. The molecule has 1 unspecified atom stereocenters. The van der Waals surface area contributed by atoms with Crippen LogP contribution in [0.3, 0.4) is 0 Å². The number of hydrogen-bond donors (Lipinski definition) is 4. The Morgan fingerprint density at radius 3 is 2.24 bits per heavy atom. The van der Waals surface area contributed by atoms with Crippen LogP contribution in [0, 0.1) is 0 Å². The first-order valence-electron chi connectivity index (χ1n) is 11.7. The number of benzene rings is 2. The van der Waals surface area contributed by atoms with Crippen LogP contribution < -0.4 is 25.6 Å². The lowest BCUT2D eigenvalue weighted by Gasteiger charge is -2.22. The van der Waals surface area contributed by atoms with Gasteiger partial charge in [0.05, 0.1) is 4.90 Å². The Labute approximate surface area is 202 Å². The third-order valence-electron chi connectivity index (χ3n) is 6.39. The molecule has 2 aliphatic rings. The number of anilines is 3. The molecule has 4 rings (SSSR count). The van der Waals surface area contributed by atoms with Crippen molar-refractivity contribution in [3.8, 4) is 0 Å². The molecule has 0 amide bonds. The van der Waals surface area contributed by atoms with Crippen LogP contribution in [0.5, 0.6) is 0 Å². The van der Waals surface area contributed by atoms with E-state index in [1.165, 1.54) is 12.1 Å². The van der Waals surface area contributed by atoms with Crippen LogP contribution in [0.2, 0.25) is 0 Å². The maximum Gasteiger partial charge on any atom is 0.240 e. The summed E-state index contributed by atoms with van der Waals surface area (Å²) >= 11 is 5.50. The van der Waals surface area contributed by atoms with Crippen LogP contribution >= 0.6 is 12.2 Å². The van der Waals surface area contributed by atoms with Crippen LogP contribution in [-0.2, 0) is 10.0 Å². The summed E-state index contributed by atoms with van der Waals surface area (Å²) in [5.74, 6) is 0. The highest BCUT2D eigenvalue weighted by Crippen LogP contribution is 2.23. The predicted octanol–water partition coefficient (Wildman–Crippen LogP) is 3.90. The van der Waals surface area contributed by atoms with Crippen molar-refractivity contribution < 1.29 is 8.42 Å². The second-order valence-electron chi connectivity index (χ2n) is 8.81. The van der Waals surface area contributed by atoms with E-state index in [1.807, 2.05) is 7.05 Å². The highest BCUT2D eigenvalue weighted by atomic mass is 32.2. The zero-order valence-corrected chi connectivity index (χ0v) is 20.6. The van der Waals surface area contributed by atoms with Crippen molar-refractivity contribution in [2.75, 3.05) is 35.7 Å². The van der Waals surface area contributed by atoms with Gasteiger partial charge in [-0.25, -0.2) is 13.1 Å². The highest BCUT2D eigenvalue weighted by Gasteiger charge is 2.24. The minimum atomic E-state index is -3.50. The van der Waals surface area contributed by atoms with Gasteiger partial charge in [0.1, 0.15) is 0 Å². The van der Waals surface area contributed by atoms with Gasteiger partial charge in [0.25, 0.3) is 0 Å². The van der Waals surface area contributed by atoms with Crippen LogP contribution in [0.15, 0.2) is 53.4 Å². The van der Waals surface area contributed by atoms with E-state index in [4.69, 9.17) is 12.2 Å². The molecule has 2 fully saturated rings. The van der Waals surface area contributed by atoms with Crippen molar-refractivity contribution >= 4 is 44.4 Å². The Hall–Kier alpha value is -2.36. The van der Waals surface area contributed by atoms with Crippen molar-refractivity contribution in [1.29, 1.82) is 0 Å². The van der Waals surface area contributed by atoms with Crippen LogP contribution in [-0.4, -0.2) is 45.8 Å². The Balaban J connectivity index is 1.27. The Morgan fingerprint density at radius 1 is 0.909 bits per heavy atom. The van der Waals surface area contributed by atoms with Crippen LogP contribution in [0.4, 0.5) is 17.1 Å². The zero-order chi connectivity index (χ0) is 23.3. The second kappa shape index (κ2) is 10.7. The summed E-state index contributed by atoms with van der Waals surface area (Å²) in [5, 5.41) is 10.2. The molecule has 1 atom stereocenters. The van der Waals surface area contributed by atoms with Gasteiger partial charge >= 0.3 is 0 Å². The van der Waals surface area contributed by atoms with Crippen LogP contribution in [0.25, 0.3) is 0 Å². The third kappa shape index (κ3) is 6.37. The number of thiocarbonyl (C=S) groups is 1. The number of hydrogen-bond acceptors (Lipinski definition) is 5. The number of rotatable bonds is 7. The van der Waals surface area contributed by atoms with Crippen molar-refractivity contribution in [2.24, 2.45) is 0 Å². The largest absolute Gasteiger partial charge is 0.388 e. The lowest BCUT2D eigenvalue weighted by atomic mass is 9.96. The molecule has 1 saturated heterocycles. The van der Waals surface area contributed by atoms with Crippen molar-refractivity contribution in [3.63, 3.8) is 0 Å². The minimum Gasteiger partial charge on any atom is -0.388 e. The summed E-state index contributed by atoms with van der Waals surface area (Å²) in [6.45, 7) is 1.85. The molecule has 0 radical (unpaired) electrons. The molecular weight excluding hydrogens is 454 g/mol. The van der Waals surface area contributed by atoms with E-state index in [-0.39, 0.29) is 17.0 Å². The topological polar surface area (TPSA) is 85.5 Å². The summed E-state index contributed by atoms with van der Waals surface area (Å²) in [4.78, 5) is 2.63. The fourth-order valence-corrected chi connectivity index (χ4v) is 6.12. The first kappa shape index (κ1) is 23.8. The van der Waals surface area contributed by atoms with Crippen LogP contribution in [0.1, 0.15) is 38.5 Å². The number of sulfonamides is 1. The van der Waals surface area contributed by atoms with Gasteiger partial charge in [-0.3, -0.25) is 0 Å². The van der Waals surface area contributed by atoms with Crippen molar-refractivity contribution in [2.45, 2.75) is 55.5 Å². The molecule has 7 nitrogen and oxygen atoms in total. The fourth-order valence-electron chi connectivity index (χ4n) is 4.53. The van der Waals surface area contributed by atoms with Gasteiger partial charge in [0.15, 0.2) is 5.11 Å². The lowest BCUT2D eigenvalue weighted by molar-refractivity contribution is 0.412. The molecule has 178 valence electrons. The average Bonchev–Trinajstić information content (AvgIpc) is 3.28. The number of nitrogens with zero attached hydrogens (tertiary/aromatic N) is 1. The normalized spacial score (nSPS) is 19.3. The first-order valence-corrected chi connectivity index (χ1v) is 13.5. The van der Waals surface area contributed by atoms with Gasteiger partial charge in [0, 0.05) is 49.3 Å². The Bertz CT molecular complexity index is 1040. The van der Waals surface area contributed by atoms with Gasteiger partial charge in [-0.2, -0.15) is 0 Å². The summed E-state index contributed by atoms with van der Waals surface area (Å²) in [6.07, 6.45) is 6.19. The molecule has 1 heterocycles. The molecule has 1 aliphatic heterocycles. The highest BCUT2D eigenvalue weighted by molar-refractivity contribution is 7.89. The standard InChI is InChI=1S/C24H33N5O2S2/c1-25-18-7-11-22(12-8-18)29-16-15-21(17-29)27-24(32)26-19-9-13-23(14-10-19)33(30,31)28-20-5-3-2-4-6-20/h7-14,20-21,25,28H,2-6,15-17H2,1H3,(H2,26,27,32). The van der Waals surface area contributed by atoms with Crippen molar-refractivity contribution in [3.05, 3.63) is 48.5 Å². The molecular formula is C24H33N5O2S2. The molecule has 4 N–H and O–H groups in total. The molecule has 1 aliphatic carbocycles. The molecule has 0 spiro atoms. The Kier molecular flexibility index (Phi) is 7.72. The van der Waals surface area contributed by atoms with Gasteiger partial charge in [0.2, 0.25) is 10.0 Å². The smallest absolute Gasteiger partial charge is 0.240 e. The molecule has 2 aromatic carbocycles. The summed E-state index contributed by atoms with van der Waals surface area (Å²) < 4.78 is 28.2. The first-order chi connectivity index (χ1) is 15.9. The molecule has 9 heteroatoms. The summed E-state index contributed by atoms with van der Waals surface area (Å²) in [5.41, 5.74) is 3.07. The minimum absolute atomic E-state index is 0.0468.